The first-order valence-electron chi connectivity index (χ1n) is 10.3. The van der Waals surface area contributed by atoms with Gasteiger partial charge >= 0.3 is 0 Å². The number of carbonyl (C=O) groups excluding carboxylic acids is 1. The van der Waals surface area contributed by atoms with Crippen molar-refractivity contribution in [1.29, 1.82) is 0 Å². The molecule has 9 nitrogen and oxygen atoms in total. The van der Waals surface area contributed by atoms with Gasteiger partial charge in [-0.05, 0) is 49.2 Å². The molecule has 1 N–H and O–H groups in total. The van der Waals surface area contributed by atoms with Gasteiger partial charge in [-0.2, -0.15) is 4.31 Å². The summed E-state index contributed by atoms with van der Waals surface area (Å²) >= 11 is 0. The van der Waals surface area contributed by atoms with Gasteiger partial charge in [0.2, 0.25) is 10.0 Å². The highest BCUT2D eigenvalue weighted by atomic mass is 32.2. The SMILES string of the molecule is Cc1cccc(-n2nnc(C(=O)NCc3ccc(S(=O)(=O)N4CCOCC4)cc3)c2C)c1. The maximum atomic E-state index is 12.7. The summed E-state index contributed by atoms with van der Waals surface area (Å²) in [4.78, 5) is 12.9. The Morgan fingerprint density at radius 1 is 1.09 bits per heavy atom. The predicted octanol–water partition coefficient (Wildman–Crippen LogP) is 1.84. The monoisotopic (exact) mass is 455 g/mol. The zero-order chi connectivity index (χ0) is 22.7. The summed E-state index contributed by atoms with van der Waals surface area (Å²) in [6.07, 6.45) is 0. The van der Waals surface area contributed by atoms with E-state index in [0.717, 1.165) is 16.8 Å². The Bertz CT molecular complexity index is 1220. The van der Waals surface area contributed by atoms with Crippen LogP contribution in [0.2, 0.25) is 0 Å². The van der Waals surface area contributed by atoms with Crippen molar-refractivity contribution in [3.05, 3.63) is 71.0 Å². The van der Waals surface area contributed by atoms with Crippen LogP contribution in [-0.2, 0) is 21.3 Å². The van der Waals surface area contributed by atoms with E-state index < -0.39 is 10.0 Å². The first kappa shape index (κ1) is 22.1. The molecule has 0 bridgehead atoms. The summed E-state index contributed by atoms with van der Waals surface area (Å²) in [5.74, 6) is -0.341. The molecule has 3 aromatic rings. The summed E-state index contributed by atoms with van der Waals surface area (Å²) in [5.41, 5.74) is 3.59. The third kappa shape index (κ3) is 4.57. The van der Waals surface area contributed by atoms with Gasteiger partial charge in [0.15, 0.2) is 5.69 Å². The lowest BCUT2D eigenvalue weighted by Gasteiger charge is -2.26. The first-order valence-corrected chi connectivity index (χ1v) is 11.7. The number of sulfonamides is 1. The van der Waals surface area contributed by atoms with Crippen LogP contribution in [0.15, 0.2) is 53.4 Å². The molecule has 0 unspecified atom stereocenters. The molecule has 10 heteroatoms. The van der Waals surface area contributed by atoms with Gasteiger partial charge < -0.3 is 10.1 Å². The number of morpholine rings is 1. The van der Waals surface area contributed by atoms with Crippen LogP contribution >= 0.6 is 0 Å². The van der Waals surface area contributed by atoms with E-state index in [-0.39, 0.29) is 23.0 Å². The number of benzene rings is 2. The molecule has 1 aliphatic rings. The summed E-state index contributed by atoms with van der Waals surface area (Å²) < 4.78 is 33.7. The van der Waals surface area contributed by atoms with Crippen molar-refractivity contribution in [2.45, 2.75) is 25.3 Å². The largest absolute Gasteiger partial charge is 0.379 e. The molecule has 1 saturated heterocycles. The number of carbonyl (C=O) groups is 1. The summed E-state index contributed by atoms with van der Waals surface area (Å²) in [6, 6.07) is 14.3. The maximum absolute atomic E-state index is 12.7. The van der Waals surface area contributed by atoms with E-state index in [0.29, 0.717) is 32.0 Å². The van der Waals surface area contributed by atoms with Gasteiger partial charge in [-0.25, -0.2) is 13.1 Å². The van der Waals surface area contributed by atoms with E-state index in [1.807, 2.05) is 31.2 Å². The molecule has 2 heterocycles. The zero-order valence-corrected chi connectivity index (χ0v) is 18.8. The molecule has 2 aromatic carbocycles. The lowest BCUT2D eigenvalue weighted by Crippen LogP contribution is -2.40. The molecule has 1 aromatic heterocycles. The Labute approximate surface area is 187 Å². The number of aromatic nitrogens is 3. The van der Waals surface area contributed by atoms with Crippen LogP contribution in [0.4, 0.5) is 0 Å². The fourth-order valence-corrected chi connectivity index (χ4v) is 4.93. The minimum atomic E-state index is -3.54. The topological polar surface area (TPSA) is 106 Å². The Balaban J connectivity index is 1.41. The standard InChI is InChI=1S/C22H25N5O4S/c1-16-4-3-5-19(14-16)27-17(2)21(24-25-27)22(28)23-15-18-6-8-20(9-7-18)32(29,30)26-10-12-31-13-11-26/h3-9,14H,10-13,15H2,1-2H3,(H,23,28). The van der Waals surface area contributed by atoms with Crippen molar-refractivity contribution >= 4 is 15.9 Å². The van der Waals surface area contributed by atoms with E-state index in [9.17, 15) is 13.2 Å². The van der Waals surface area contributed by atoms with Crippen LogP contribution in [0.5, 0.6) is 0 Å². The number of nitrogens with one attached hydrogen (secondary N) is 1. The molecule has 0 spiro atoms. The molecular formula is C22H25N5O4S. The van der Waals surface area contributed by atoms with E-state index in [4.69, 9.17) is 4.74 Å². The van der Waals surface area contributed by atoms with Gasteiger partial charge in [0.25, 0.3) is 5.91 Å². The highest BCUT2D eigenvalue weighted by molar-refractivity contribution is 7.89. The summed E-state index contributed by atoms with van der Waals surface area (Å²) in [6.45, 7) is 5.52. The van der Waals surface area contributed by atoms with Crippen LogP contribution < -0.4 is 5.32 Å². The van der Waals surface area contributed by atoms with Gasteiger partial charge in [-0.15, -0.1) is 5.10 Å². The highest BCUT2D eigenvalue weighted by Crippen LogP contribution is 2.18. The van der Waals surface area contributed by atoms with Crippen molar-refractivity contribution in [3.63, 3.8) is 0 Å². The number of hydrogen-bond acceptors (Lipinski definition) is 6. The Morgan fingerprint density at radius 3 is 2.50 bits per heavy atom. The Morgan fingerprint density at radius 2 is 1.81 bits per heavy atom. The van der Waals surface area contributed by atoms with Gasteiger partial charge in [-0.3, -0.25) is 4.79 Å². The molecule has 4 rings (SSSR count). The minimum Gasteiger partial charge on any atom is -0.379 e. The maximum Gasteiger partial charge on any atom is 0.274 e. The van der Waals surface area contributed by atoms with Crippen LogP contribution in [0.25, 0.3) is 5.69 Å². The molecule has 1 aliphatic heterocycles. The predicted molar refractivity (Wildman–Crippen MR) is 118 cm³/mol. The second kappa shape index (κ2) is 9.19. The molecule has 1 fully saturated rings. The fourth-order valence-electron chi connectivity index (χ4n) is 3.53. The number of nitrogens with zero attached hydrogens (tertiary/aromatic N) is 4. The zero-order valence-electron chi connectivity index (χ0n) is 18.0. The lowest BCUT2D eigenvalue weighted by atomic mass is 10.2. The number of ether oxygens (including phenoxy) is 1. The average Bonchev–Trinajstić information content (AvgIpc) is 3.19. The second-order valence-corrected chi connectivity index (χ2v) is 9.56. The smallest absolute Gasteiger partial charge is 0.274 e. The Kier molecular flexibility index (Phi) is 6.35. The average molecular weight is 456 g/mol. The molecular weight excluding hydrogens is 430 g/mol. The summed E-state index contributed by atoms with van der Waals surface area (Å²) in [7, 11) is -3.54. The van der Waals surface area contributed by atoms with Gasteiger partial charge in [-0.1, -0.05) is 29.5 Å². The molecule has 0 aliphatic carbocycles. The van der Waals surface area contributed by atoms with Crippen molar-refractivity contribution in [3.8, 4) is 5.69 Å². The molecule has 0 saturated carbocycles. The van der Waals surface area contributed by atoms with Crippen LogP contribution in [-0.4, -0.2) is 59.9 Å². The highest BCUT2D eigenvalue weighted by Gasteiger charge is 2.26. The van der Waals surface area contributed by atoms with E-state index in [1.54, 1.807) is 35.9 Å². The molecule has 0 radical (unpaired) electrons. The van der Waals surface area contributed by atoms with Crippen LogP contribution in [0, 0.1) is 13.8 Å². The third-order valence-corrected chi connectivity index (χ3v) is 7.25. The van der Waals surface area contributed by atoms with Gasteiger partial charge in [0, 0.05) is 19.6 Å². The number of amides is 1. The quantitative estimate of drug-likeness (QED) is 0.608. The summed E-state index contributed by atoms with van der Waals surface area (Å²) in [5, 5.41) is 11.0. The van der Waals surface area contributed by atoms with Crippen molar-refractivity contribution in [1.82, 2.24) is 24.6 Å². The van der Waals surface area contributed by atoms with E-state index in [2.05, 4.69) is 15.6 Å². The van der Waals surface area contributed by atoms with Crippen molar-refractivity contribution in [2.24, 2.45) is 0 Å². The van der Waals surface area contributed by atoms with Crippen LogP contribution in [0.3, 0.4) is 0 Å². The van der Waals surface area contributed by atoms with Gasteiger partial charge in [0.05, 0.1) is 29.5 Å². The van der Waals surface area contributed by atoms with Crippen molar-refractivity contribution in [2.75, 3.05) is 26.3 Å². The third-order valence-electron chi connectivity index (χ3n) is 5.34. The second-order valence-electron chi connectivity index (χ2n) is 7.62. The molecule has 32 heavy (non-hydrogen) atoms. The minimum absolute atomic E-state index is 0.228. The fraction of sp³-hybridized carbons (Fsp3) is 0.318. The van der Waals surface area contributed by atoms with Gasteiger partial charge in [0.1, 0.15) is 0 Å². The lowest BCUT2D eigenvalue weighted by molar-refractivity contribution is 0.0730. The van der Waals surface area contributed by atoms with Crippen molar-refractivity contribution < 1.29 is 17.9 Å². The number of aryl methyl sites for hydroxylation is 1. The van der Waals surface area contributed by atoms with E-state index in [1.165, 1.54) is 4.31 Å². The van der Waals surface area contributed by atoms with E-state index >= 15 is 0 Å². The number of rotatable bonds is 6. The number of hydrogen-bond donors (Lipinski definition) is 1. The molecule has 168 valence electrons. The normalized spacial score (nSPS) is 14.9. The molecule has 0 atom stereocenters. The Hall–Kier alpha value is -3.08. The molecule has 1 amide bonds. The first-order chi connectivity index (χ1) is 15.4. The van der Waals surface area contributed by atoms with Crippen LogP contribution in [0.1, 0.15) is 27.3 Å².